The number of benzene rings is 3. The van der Waals surface area contributed by atoms with E-state index in [1.807, 2.05) is 43.3 Å². The minimum atomic E-state index is -0.399. The quantitative estimate of drug-likeness (QED) is 0.375. The second-order valence-electron chi connectivity index (χ2n) is 6.32. The zero-order valence-electron chi connectivity index (χ0n) is 15.7. The summed E-state index contributed by atoms with van der Waals surface area (Å²) in [5.41, 5.74) is 3.75. The van der Waals surface area contributed by atoms with Crippen molar-refractivity contribution in [2.45, 2.75) is 0 Å². The lowest BCUT2D eigenvalue weighted by Crippen LogP contribution is -2.11. The largest absolute Gasteiger partial charge is 0.423 e. The van der Waals surface area contributed by atoms with Crippen molar-refractivity contribution in [1.82, 2.24) is 0 Å². The van der Waals surface area contributed by atoms with Gasteiger partial charge in [0.2, 0.25) is 0 Å². The van der Waals surface area contributed by atoms with Gasteiger partial charge in [-0.15, -0.1) is 0 Å². The summed E-state index contributed by atoms with van der Waals surface area (Å²) in [6, 6.07) is 23.4. The van der Waals surface area contributed by atoms with E-state index in [2.05, 4.69) is 11.1 Å². The Bertz CT molecular complexity index is 1010. The van der Waals surface area contributed by atoms with Crippen LogP contribution in [0.15, 0.2) is 77.8 Å². The standard InChI is InChI=1S/C23H19N3O2/c1-26(2)21-11-7-19(8-12-21)23(27)28-22-13-5-18(6-14-22)16-25-20-9-3-17(15-24)4-10-20/h3-14,16H,1-2H3. The molecule has 0 spiro atoms. The van der Waals surface area contributed by atoms with Crippen LogP contribution in [0.1, 0.15) is 21.5 Å². The number of hydrogen-bond donors (Lipinski definition) is 0. The molecule has 28 heavy (non-hydrogen) atoms. The van der Waals surface area contributed by atoms with Gasteiger partial charge in [-0.25, -0.2) is 4.79 Å². The van der Waals surface area contributed by atoms with Gasteiger partial charge in [0.05, 0.1) is 22.9 Å². The molecule has 0 aliphatic heterocycles. The molecular weight excluding hydrogens is 350 g/mol. The van der Waals surface area contributed by atoms with Crippen LogP contribution in [0.5, 0.6) is 5.75 Å². The van der Waals surface area contributed by atoms with Crippen molar-refractivity contribution in [3.63, 3.8) is 0 Å². The highest BCUT2D eigenvalue weighted by atomic mass is 16.5. The fraction of sp³-hybridized carbons (Fsp3) is 0.0870. The normalized spacial score (nSPS) is 10.5. The van der Waals surface area contributed by atoms with Gasteiger partial charge in [-0.05, 0) is 78.4 Å². The highest BCUT2D eigenvalue weighted by Crippen LogP contribution is 2.17. The van der Waals surface area contributed by atoms with Crippen LogP contribution in [-0.2, 0) is 0 Å². The van der Waals surface area contributed by atoms with Crippen LogP contribution in [0.4, 0.5) is 11.4 Å². The van der Waals surface area contributed by atoms with Crippen molar-refractivity contribution in [1.29, 1.82) is 5.26 Å². The molecule has 0 aliphatic rings. The molecule has 0 aliphatic carbocycles. The fourth-order valence-electron chi connectivity index (χ4n) is 2.45. The lowest BCUT2D eigenvalue weighted by Gasteiger charge is -2.12. The molecule has 0 unspecified atom stereocenters. The summed E-state index contributed by atoms with van der Waals surface area (Å²) in [7, 11) is 3.89. The van der Waals surface area contributed by atoms with Gasteiger partial charge in [0.1, 0.15) is 5.75 Å². The van der Waals surface area contributed by atoms with Crippen LogP contribution in [0.25, 0.3) is 0 Å². The molecule has 0 saturated heterocycles. The van der Waals surface area contributed by atoms with E-state index in [0.717, 1.165) is 16.9 Å². The van der Waals surface area contributed by atoms with E-state index in [9.17, 15) is 4.79 Å². The van der Waals surface area contributed by atoms with Crippen LogP contribution in [0, 0.1) is 11.3 Å². The van der Waals surface area contributed by atoms with Gasteiger partial charge in [-0.1, -0.05) is 0 Å². The van der Waals surface area contributed by atoms with E-state index >= 15 is 0 Å². The number of anilines is 1. The summed E-state index contributed by atoms with van der Waals surface area (Å²) in [5.74, 6) is 0.0708. The maximum atomic E-state index is 12.3. The number of nitrogens with zero attached hydrogens (tertiary/aromatic N) is 3. The molecule has 0 saturated carbocycles. The Labute approximate surface area is 164 Å². The van der Waals surface area contributed by atoms with Crippen molar-refractivity contribution in [3.8, 4) is 11.8 Å². The lowest BCUT2D eigenvalue weighted by atomic mass is 10.2. The summed E-state index contributed by atoms with van der Waals surface area (Å²) < 4.78 is 5.42. The molecule has 0 bridgehead atoms. The Hall–Kier alpha value is -3.91. The van der Waals surface area contributed by atoms with Crippen molar-refractivity contribution >= 4 is 23.6 Å². The molecule has 3 rings (SSSR count). The molecule has 0 radical (unpaired) electrons. The van der Waals surface area contributed by atoms with Crippen molar-refractivity contribution in [2.75, 3.05) is 19.0 Å². The number of nitriles is 1. The van der Waals surface area contributed by atoms with Crippen LogP contribution in [0.2, 0.25) is 0 Å². The topological polar surface area (TPSA) is 65.7 Å². The maximum Gasteiger partial charge on any atom is 0.343 e. The summed E-state index contributed by atoms with van der Waals surface area (Å²) >= 11 is 0. The number of carbonyl (C=O) groups is 1. The van der Waals surface area contributed by atoms with Crippen LogP contribution >= 0.6 is 0 Å². The summed E-state index contributed by atoms with van der Waals surface area (Å²) in [6.45, 7) is 0. The molecule has 0 atom stereocenters. The first-order valence-electron chi connectivity index (χ1n) is 8.69. The Kier molecular flexibility index (Phi) is 5.83. The van der Waals surface area contributed by atoms with Crippen molar-refractivity contribution in [2.24, 2.45) is 4.99 Å². The van der Waals surface area contributed by atoms with Crippen molar-refractivity contribution in [3.05, 3.63) is 89.5 Å². The van der Waals surface area contributed by atoms with Gasteiger partial charge in [-0.3, -0.25) is 4.99 Å². The molecule has 138 valence electrons. The Morgan fingerprint density at radius 2 is 1.61 bits per heavy atom. The third kappa shape index (κ3) is 4.83. The molecule has 0 fully saturated rings. The van der Waals surface area contributed by atoms with Crippen LogP contribution < -0.4 is 9.64 Å². The molecule has 5 nitrogen and oxygen atoms in total. The van der Waals surface area contributed by atoms with E-state index in [-0.39, 0.29) is 0 Å². The first-order chi connectivity index (χ1) is 13.5. The smallest absolute Gasteiger partial charge is 0.343 e. The minimum absolute atomic E-state index is 0.399. The van der Waals surface area contributed by atoms with E-state index in [4.69, 9.17) is 10.00 Å². The van der Waals surface area contributed by atoms with Gasteiger partial charge in [-0.2, -0.15) is 5.26 Å². The summed E-state index contributed by atoms with van der Waals surface area (Å²) in [6.07, 6.45) is 1.72. The van der Waals surface area contributed by atoms with Crippen LogP contribution in [0.3, 0.4) is 0 Å². The Morgan fingerprint density at radius 1 is 0.964 bits per heavy atom. The van der Waals surface area contributed by atoms with E-state index in [1.54, 1.807) is 54.7 Å². The summed E-state index contributed by atoms with van der Waals surface area (Å²) in [5, 5.41) is 8.81. The number of carbonyl (C=O) groups excluding carboxylic acids is 1. The lowest BCUT2D eigenvalue weighted by molar-refractivity contribution is 0.0735. The second-order valence-corrected chi connectivity index (χ2v) is 6.32. The fourth-order valence-corrected chi connectivity index (χ4v) is 2.45. The number of ether oxygens (including phenoxy) is 1. The van der Waals surface area contributed by atoms with Gasteiger partial charge in [0.25, 0.3) is 0 Å². The molecule has 3 aromatic rings. The van der Waals surface area contributed by atoms with Gasteiger partial charge in [0.15, 0.2) is 0 Å². The highest BCUT2D eigenvalue weighted by molar-refractivity contribution is 5.91. The molecule has 0 aromatic heterocycles. The van der Waals surface area contributed by atoms with Crippen molar-refractivity contribution < 1.29 is 9.53 Å². The summed E-state index contributed by atoms with van der Waals surface area (Å²) in [4.78, 5) is 18.6. The zero-order valence-corrected chi connectivity index (χ0v) is 15.7. The maximum absolute atomic E-state index is 12.3. The Balaban J connectivity index is 1.62. The minimum Gasteiger partial charge on any atom is -0.423 e. The SMILES string of the molecule is CN(C)c1ccc(C(=O)Oc2ccc(C=Nc3ccc(C#N)cc3)cc2)cc1. The number of esters is 1. The third-order valence-corrected chi connectivity index (χ3v) is 4.07. The second kappa shape index (κ2) is 8.65. The van der Waals surface area contributed by atoms with Gasteiger partial charge < -0.3 is 9.64 Å². The first-order valence-corrected chi connectivity index (χ1v) is 8.69. The first kappa shape index (κ1) is 18.9. The molecular formula is C23H19N3O2. The predicted octanol–water partition coefficient (Wildman–Crippen LogP) is 4.59. The molecule has 5 heteroatoms. The third-order valence-electron chi connectivity index (χ3n) is 4.07. The van der Waals surface area contributed by atoms with E-state index < -0.39 is 5.97 Å². The predicted molar refractivity (Wildman–Crippen MR) is 111 cm³/mol. The molecule has 0 N–H and O–H groups in total. The van der Waals surface area contributed by atoms with Crippen LogP contribution in [-0.4, -0.2) is 26.3 Å². The van der Waals surface area contributed by atoms with Gasteiger partial charge >= 0.3 is 5.97 Å². The zero-order chi connectivity index (χ0) is 19.9. The molecule has 0 amide bonds. The Morgan fingerprint density at radius 3 is 2.18 bits per heavy atom. The van der Waals surface area contributed by atoms with E-state index in [1.165, 1.54) is 0 Å². The number of aliphatic imine (C=N–C) groups is 1. The van der Waals surface area contributed by atoms with Gasteiger partial charge in [0, 0.05) is 26.0 Å². The number of rotatable bonds is 5. The average molecular weight is 369 g/mol. The molecule has 0 heterocycles. The number of hydrogen-bond acceptors (Lipinski definition) is 5. The monoisotopic (exact) mass is 369 g/mol. The van der Waals surface area contributed by atoms with E-state index in [0.29, 0.717) is 16.9 Å². The average Bonchev–Trinajstić information content (AvgIpc) is 2.73. The molecule has 3 aromatic carbocycles. The highest BCUT2D eigenvalue weighted by Gasteiger charge is 2.08.